The summed E-state index contributed by atoms with van der Waals surface area (Å²) in [6.07, 6.45) is 3.65. The van der Waals surface area contributed by atoms with Crippen molar-refractivity contribution in [2.24, 2.45) is 0 Å². The molecule has 0 spiro atoms. The van der Waals surface area contributed by atoms with Crippen LogP contribution in [0.3, 0.4) is 0 Å². The van der Waals surface area contributed by atoms with Gasteiger partial charge < -0.3 is 14.8 Å². The van der Waals surface area contributed by atoms with E-state index in [1.165, 1.54) is 34.4 Å². The summed E-state index contributed by atoms with van der Waals surface area (Å²) in [5.41, 5.74) is 3.04. The zero-order valence-electron chi connectivity index (χ0n) is 18.4. The lowest BCUT2D eigenvalue weighted by Gasteiger charge is -2.17. The fourth-order valence-electron chi connectivity index (χ4n) is 2.94. The average Bonchev–Trinajstić information content (AvgIpc) is 2.70. The monoisotopic (exact) mass is 432 g/mol. The van der Waals surface area contributed by atoms with Gasteiger partial charge in [-0.15, -0.1) is 0 Å². The van der Waals surface area contributed by atoms with Gasteiger partial charge in [-0.1, -0.05) is 12.2 Å². The first-order valence-electron chi connectivity index (χ1n) is 9.30. The van der Waals surface area contributed by atoms with Crippen molar-refractivity contribution in [2.45, 2.75) is 25.7 Å². The molecular formula is C22H28N2O5S. The van der Waals surface area contributed by atoms with Gasteiger partial charge in [-0.3, -0.25) is 4.79 Å². The smallest absolute Gasteiger partial charge is 0.255 e. The summed E-state index contributed by atoms with van der Waals surface area (Å²) in [5.74, 6) is 0.567. The van der Waals surface area contributed by atoms with Crippen molar-refractivity contribution in [1.82, 2.24) is 4.31 Å². The van der Waals surface area contributed by atoms with Crippen LogP contribution in [0.2, 0.25) is 0 Å². The van der Waals surface area contributed by atoms with Gasteiger partial charge in [0.05, 0.1) is 19.1 Å². The van der Waals surface area contributed by atoms with E-state index < -0.39 is 10.0 Å². The Labute approximate surface area is 178 Å². The molecule has 2 rings (SSSR count). The van der Waals surface area contributed by atoms with Crippen molar-refractivity contribution < 1.29 is 22.7 Å². The highest BCUT2D eigenvalue weighted by Crippen LogP contribution is 2.34. The fourth-order valence-corrected chi connectivity index (χ4v) is 3.95. The maximum absolute atomic E-state index is 13.0. The molecule has 0 saturated heterocycles. The van der Waals surface area contributed by atoms with Crippen LogP contribution in [0.25, 0.3) is 6.08 Å². The molecule has 0 aromatic heterocycles. The molecule has 0 saturated carbocycles. The first-order valence-corrected chi connectivity index (χ1v) is 10.7. The molecule has 0 atom stereocenters. The second-order valence-electron chi connectivity index (χ2n) is 6.96. The third kappa shape index (κ3) is 4.66. The third-order valence-corrected chi connectivity index (χ3v) is 6.58. The van der Waals surface area contributed by atoms with E-state index in [0.717, 1.165) is 15.4 Å². The predicted molar refractivity (Wildman–Crippen MR) is 119 cm³/mol. The Kier molecular flexibility index (Phi) is 7.28. The Morgan fingerprint density at radius 1 is 1.07 bits per heavy atom. The molecule has 162 valence electrons. The minimum atomic E-state index is -3.64. The average molecular weight is 433 g/mol. The summed E-state index contributed by atoms with van der Waals surface area (Å²) in [6.45, 7) is 5.50. The molecule has 0 aliphatic carbocycles. The normalized spacial score (nSPS) is 11.7. The zero-order valence-corrected chi connectivity index (χ0v) is 19.2. The van der Waals surface area contributed by atoms with E-state index in [4.69, 9.17) is 9.47 Å². The molecule has 0 unspecified atom stereocenters. The Bertz CT molecular complexity index is 1090. The van der Waals surface area contributed by atoms with Gasteiger partial charge in [0, 0.05) is 30.9 Å². The summed E-state index contributed by atoms with van der Waals surface area (Å²) in [7, 11) is 2.34. The minimum absolute atomic E-state index is 0.118. The summed E-state index contributed by atoms with van der Waals surface area (Å²) in [4.78, 5) is 13.1. The first-order chi connectivity index (χ1) is 14.1. The second kappa shape index (κ2) is 9.32. The van der Waals surface area contributed by atoms with Gasteiger partial charge in [0.15, 0.2) is 11.5 Å². The molecule has 0 bridgehead atoms. The predicted octanol–water partition coefficient (Wildman–Crippen LogP) is 3.86. The lowest BCUT2D eigenvalue weighted by molar-refractivity contribution is 0.102. The Morgan fingerprint density at radius 3 is 2.27 bits per heavy atom. The standard InChI is InChI=1S/C22H28N2O5S/c1-8-9-16-11-17(12-20(28-6)21(16)29-7)22(25)23-19-13-18(10-14(2)15(19)3)30(26,27)24(4)5/h8-13H,1-7H3,(H,23,25)/b9-8+. The van der Waals surface area contributed by atoms with Crippen molar-refractivity contribution in [1.29, 1.82) is 0 Å². The minimum Gasteiger partial charge on any atom is -0.493 e. The number of aryl methyl sites for hydroxylation is 1. The van der Waals surface area contributed by atoms with E-state index in [1.54, 1.807) is 25.1 Å². The SMILES string of the molecule is C/C=C/c1cc(C(=O)Nc2cc(S(=O)(=O)N(C)C)cc(C)c2C)cc(OC)c1OC. The van der Waals surface area contributed by atoms with Crippen molar-refractivity contribution in [2.75, 3.05) is 33.6 Å². The van der Waals surface area contributed by atoms with E-state index in [1.807, 2.05) is 26.0 Å². The molecule has 0 aliphatic heterocycles. The van der Waals surface area contributed by atoms with Gasteiger partial charge >= 0.3 is 0 Å². The molecule has 1 N–H and O–H groups in total. The molecule has 8 heteroatoms. The lowest BCUT2D eigenvalue weighted by Crippen LogP contribution is -2.23. The van der Waals surface area contributed by atoms with Crippen LogP contribution in [0.15, 0.2) is 35.2 Å². The highest BCUT2D eigenvalue weighted by Gasteiger charge is 2.21. The molecule has 2 aromatic carbocycles. The number of anilines is 1. The number of benzene rings is 2. The molecule has 2 aromatic rings. The molecule has 7 nitrogen and oxygen atoms in total. The second-order valence-corrected chi connectivity index (χ2v) is 9.11. The van der Waals surface area contributed by atoms with E-state index in [-0.39, 0.29) is 10.8 Å². The largest absolute Gasteiger partial charge is 0.493 e. The number of rotatable bonds is 7. The number of ether oxygens (including phenoxy) is 2. The van der Waals surface area contributed by atoms with E-state index >= 15 is 0 Å². The van der Waals surface area contributed by atoms with Gasteiger partial charge in [-0.05, 0) is 56.2 Å². The van der Waals surface area contributed by atoms with Crippen LogP contribution in [-0.4, -0.2) is 46.9 Å². The molecule has 30 heavy (non-hydrogen) atoms. The van der Waals surface area contributed by atoms with Gasteiger partial charge in [-0.2, -0.15) is 0 Å². The van der Waals surface area contributed by atoms with E-state index in [2.05, 4.69) is 5.32 Å². The summed E-state index contributed by atoms with van der Waals surface area (Å²) in [5, 5.41) is 2.83. The quantitative estimate of drug-likeness (QED) is 0.718. The Morgan fingerprint density at radius 2 is 1.73 bits per heavy atom. The molecular weight excluding hydrogens is 404 g/mol. The maximum atomic E-state index is 13.0. The van der Waals surface area contributed by atoms with Crippen molar-refractivity contribution in [3.8, 4) is 11.5 Å². The number of carbonyl (C=O) groups excluding carboxylic acids is 1. The number of hydrogen-bond acceptors (Lipinski definition) is 5. The van der Waals surface area contributed by atoms with Crippen LogP contribution < -0.4 is 14.8 Å². The molecule has 1 amide bonds. The number of allylic oxidation sites excluding steroid dienone is 1. The van der Waals surface area contributed by atoms with Crippen molar-refractivity contribution >= 4 is 27.7 Å². The van der Waals surface area contributed by atoms with Crippen molar-refractivity contribution in [3.63, 3.8) is 0 Å². The van der Waals surface area contributed by atoms with Gasteiger partial charge in [0.2, 0.25) is 10.0 Å². The van der Waals surface area contributed by atoms with Gasteiger partial charge in [0.25, 0.3) is 5.91 Å². The number of hydrogen-bond donors (Lipinski definition) is 1. The maximum Gasteiger partial charge on any atom is 0.255 e. The molecule has 0 fully saturated rings. The first kappa shape index (κ1) is 23.4. The van der Waals surface area contributed by atoms with Crippen LogP contribution in [0.1, 0.15) is 34.0 Å². The molecule has 0 radical (unpaired) electrons. The van der Waals surface area contributed by atoms with Gasteiger partial charge in [0.1, 0.15) is 0 Å². The number of methoxy groups -OCH3 is 2. The lowest BCUT2D eigenvalue weighted by atomic mass is 10.1. The topological polar surface area (TPSA) is 84.9 Å². The summed E-state index contributed by atoms with van der Waals surface area (Å²) >= 11 is 0. The highest BCUT2D eigenvalue weighted by atomic mass is 32.2. The van der Waals surface area contributed by atoms with Crippen LogP contribution in [0.4, 0.5) is 5.69 Å². The number of nitrogens with one attached hydrogen (secondary N) is 1. The molecule has 0 heterocycles. The zero-order chi connectivity index (χ0) is 22.6. The fraction of sp³-hybridized carbons (Fsp3) is 0.318. The van der Waals surface area contributed by atoms with Crippen LogP contribution in [0.5, 0.6) is 11.5 Å². The summed E-state index contributed by atoms with van der Waals surface area (Å²) in [6, 6.07) is 6.35. The number of nitrogens with zero attached hydrogens (tertiary/aromatic N) is 1. The number of sulfonamides is 1. The van der Waals surface area contributed by atoms with Crippen molar-refractivity contribution in [3.05, 3.63) is 52.6 Å². The molecule has 0 aliphatic rings. The van der Waals surface area contributed by atoms with Crippen LogP contribution >= 0.6 is 0 Å². The number of carbonyl (C=O) groups is 1. The Hall–Kier alpha value is -2.84. The highest BCUT2D eigenvalue weighted by molar-refractivity contribution is 7.89. The van der Waals surface area contributed by atoms with Crippen LogP contribution in [0, 0.1) is 13.8 Å². The van der Waals surface area contributed by atoms with E-state index in [0.29, 0.717) is 28.3 Å². The van der Waals surface area contributed by atoms with Gasteiger partial charge in [-0.25, -0.2) is 12.7 Å². The van der Waals surface area contributed by atoms with Crippen LogP contribution in [-0.2, 0) is 10.0 Å². The van der Waals surface area contributed by atoms with E-state index in [9.17, 15) is 13.2 Å². The summed E-state index contributed by atoms with van der Waals surface area (Å²) < 4.78 is 37.0. The third-order valence-electron chi connectivity index (χ3n) is 4.78. The Balaban J connectivity index is 2.53. The number of amides is 1.